The molecule has 0 saturated carbocycles. The van der Waals surface area contributed by atoms with E-state index in [0.29, 0.717) is 18.7 Å². The van der Waals surface area contributed by atoms with Crippen molar-refractivity contribution in [3.8, 4) is 0 Å². The number of anilines is 1. The molecule has 24 heavy (non-hydrogen) atoms. The lowest BCUT2D eigenvalue weighted by Gasteiger charge is -2.22. The molecule has 2 aromatic rings. The van der Waals surface area contributed by atoms with Gasteiger partial charge in [-0.2, -0.15) is 0 Å². The van der Waals surface area contributed by atoms with Crippen molar-refractivity contribution in [3.05, 3.63) is 65.7 Å². The van der Waals surface area contributed by atoms with Crippen LogP contribution < -0.4 is 9.62 Å². The topological polar surface area (TPSA) is 66.5 Å². The first kappa shape index (κ1) is 18.0. The smallest absolute Gasteiger partial charge is 0.240 e. The van der Waals surface area contributed by atoms with Crippen LogP contribution in [0.3, 0.4) is 0 Å². The largest absolute Gasteiger partial charge is 0.354 e. The lowest BCUT2D eigenvalue weighted by Crippen LogP contribution is -2.40. The number of carbonyl (C=O) groups excluding carboxylic acids is 1. The fourth-order valence-corrected chi connectivity index (χ4v) is 3.14. The summed E-state index contributed by atoms with van der Waals surface area (Å²) in [5.74, 6) is -0.322. The normalized spacial score (nSPS) is 11.1. The highest BCUT2D eigenvalue weighted by molar-refractivity contribution is 7.92. The summed E-state index contributed by atoms with van der Waals surface area (Å²) >= 11 is 0. The third-order valence-electron chi connectivity index (χ3n) is 3.59. The Bertz CT molecular complexity index is 772. The Kier molecular flexibility index (Phi) is 5.98. The van der Waals surface area contributed by atoms with E-state index in [1.165, 1.54) is 0 Å². The number of benzene rings is 2. The Morgan fingerprint density at radius 3 is 2.25 bits per heavy atom. The van der Waals surface area contributed by atoms with Gasteiger partial charge in [-0.3, -0.25) is 9.10 Å². The number of sulfonamides is 1. The molecular weight excluding hydrogens is 324 g/mol. The maximum absolute atomic E-state index is 12.1. The fraction of sp³-hybridized carbons (Fsp3) is 0.278. The fourth-order valence-electron chi connectivity index (χ4n) is 2.29. The van der Waals surface area contributed by atoms with E-state index < -0.39 is 10.0 Å². The van der Waals surface area contributed by atoms with Crippen LogP contribution in [0.15, 0.2) is 54.6 Å². The molecule has 0 bridgehead atoms. The zero-order valence-electron chi connectivity index (χ0n) is 13.9. The number of rotatable bonds is 7. The number of nitrogens with zero attached hydrogens (tertiary/aromatic N) is 1. The second kappa shape index (κ2) is 7.97. The van der Waals surface area contributed by atoms with E-state index in [-0.39, 0.29) is 12.5 Å². The SMILES string of the molecule is Cc1ccc(N(CC(=O)NCCc2ccccc2)S(C)(=O)=O)cc1. The quantitative estimate of drug-likeness (QED) is 0.835. The standard InChI is InChI=1S/C18H22N2O3S/c1-15-8-10-17(11-9-15)20(24(2,22)23)14-18(21)19-13-12-16-6-4-3-5-7-16/h3-11H,12-14H2,1-2H3,(H,19,21). The highest BCUT2D eigenvalue weighted by Crippen LogP contribution is 2.17. The Morgan fingerprint density at radius 1 is 1.04 bits per heavy atom. The summed E-state index contributed by atoms with van der Waals surface area (Å²) in [7, 11) is -3.53. The first-order chi connectivity index (χ1) is 11.4. The second-order valence-corrected chi connectivity index (χ2v) is 7.60. The summed E-state index contributed by atoms with van der Waals surface area (Å²) in [5.41, 5.74) is 2.64. The molecule has 1 amide bonds. The molecule has 6 heteroatoms. The molecule has 0 fully saturated rings. The minimum Gasteiger partial charge on any atom is -0.354 e. The van der Waals surface area contributed by atoms with E-state index in [1.54, 1.807) is 12.1 Å². The number of nitrogens with one attached hydrogen (secondary N) is 1. The van der Waals surface area contributed by atoms with Gasteiger partial charge in [0.25, 0.3) is 0 Å². The van der Waals surface area contributed by atoms with Crippen LogP contribution in [0.1, 0.15) is 11.1 Å². The Balaban J connectivity index is 1.96. The molecule has 0 radical (unpaired) electrons. The third-order valence-corrected chi connectivity index (χ3v) is 4.73. The summed E-state index contributed by atoms with van der Waals surface area (Å²) in [6.07, 6.45) is 1.81. The van der Waals surface area contributed by atoms with Crippen LogP contribution in [0.2, 0.25) is 0 Å². The van der Waals surface area contributed by atoms with Crippen LogP contribution in [0.4, 0.5) is 5.69 Å². The summed E-state index contributed by atoms with van der Waals surface area (Å²) in [4.78, 5) is 12.1. The molecular formula is C18H22N2O3S. The first-order valence-electron chi connectivity index (χ1n) is 7.71. The molecule has 128 valence electrons. The van der Waals surface area contributed by atoms with Crippen molar-refractivity contribution in [2.24, 2.45) is 0 Å². The van der Waals surface area contributed by atoms with Gasteiger partial charge in [0.05, 0.1) is 11.9 Å². The predicted molar refractivity (Wildman–Crippen MR) is 96.5 cm³/mol. The van der Waals surface area contributed by atoms with Crippen LogP contribution in [0, 0.1) is 6.92 Å². The number of hydrogen-bond acceptors (Lipinski definition) is 3. The van der Waals surface area contributed by atoms with E-state index in [0.717, 1.165) is 21.7 Å². The van der Waals surface area contributed by atoms with Crippen LogP contribution in [0.25, 0.3) is 0 Å². The third kappa shape index (κ3) is 5.38. The van der Waals surface area contributed by atoms with E-state index in [2.05, 4.69) is 5.32 Å². The van der Waals surface area contributed by atoms with Gasteiger partial charge in [0.2, 0.25) is 15.9 Å². The zero-order chi connectivity index (χ0) is 17.6. The lowest BCUT2D eigenvalue weighted by molar-refractivity contribution is -0.119. The Labute approximate surface area is 143 Å². The van der Waals surface area contributed by atoms with Crippen molar-refractivity contribution in [3.63, 3.8) is 0 Å². The van der Waals surface area contributed by atoms with Gasteiger partial charge in [0.15, 0.2) is 0 Å². The molecule has 2 rings (SSSR count). The molecule has 0 unspecified atom stereocenters. The Morgan fingerprint density at radius 2 is 1.67 bits per heavy atom. The van der Waals surface area contributed by atoms with Crippen LogP contribution in [0.5, 0.6) is 0 Å². The molecule has 0 aliphatic carbocycles. The van der Waals surface area contributed by atoms with Gasteiger partial charge >= 0.3 is 0 Å². The van der Waals surface area contributed by atoms with Crippen molar-refractivity contribution in [1.29, 1.82) is 0 Å². The number of amides is 1. The van der Waals surface area contributed by atoms with E-state index >= 15 is 0 Å². The zero-order valence-corrected chi connectivity index (χ0v) is 14.7. The van der Waals surface area contributed by atoms with Crippen molar-refractivity contribution in [2.75, 3.05) is 23.7 Å². The second-order valence-electron chi connectivity index (χ2n) is 5.69. The molecule has 0 aliphatic heterocycles. The van der Waals surface area contributed by atoms with Crippen LogP contribution in [-0.4, -0.2) is 33.7 Å². The summed E-state index contributed by atoms with van der Waals surface area (Å²) < 4.78 is 25.1. The molecule has 0 heterocycles. The van der Waals surface area contributed by atoms with Gasteiger partial charge in [0, 0.05) is 6.54 Å². The van der Waals surface area contributed by atoms with Crippen molar-refractivity contribution < 1.29 is 13.2 Å². The average Bonchev–Trinajstić information content (AvgIpc) is 2.54. The van der Waals surface area contributed by atoms with Gasteiger partial charge in [0.1, 0.15) is 6.54 Å². The van der Waals surface area contributed by atoms with Gasteiger partial charge in [-0.25, -0.2) is 8.42 Å². The summed E-state index contributed by atoms with van der Waals surface area (Å²) in [6, 6.07) is 16.8. The maximum atomic E-state index is 12.1. The van der Waals surface area contributed by atoms with E-state index in [4.69, 9.17) is 0 Å². The highest BCUT2D eigenvalue weighted by Gasteiger charge is 2.20. The minimum absolute atomic E-state index is 0.226. The van der Waals surface area contributed by atoms with Crippen LogP contribution >= 0.6 is 0 Å². The molecule has 2 aromatic carbocycles. The molecule has 0 aromatic heterocycles. The average molecular weight is 346 g/mol. The van der Waals surface area contributed by atoms with Crippen LogP contribution in [-0.2, 0) is 21.2 Å². The summed E-state index contributed by atoms with van der Waals surface area (Å²) in [5, 5.41) is 2.77. The predicted octanol–water partition coefficient (Wildman–Crippen LogP) is 2.12. The minimum atomic E-state index is -3.53. The number of aryl methyl sites for hydroxylation is 1. The van der Waals surface area contributed by atoms with Crippen molar-refractivity contribution >= 4 is 21.6 Å². The summed E-state index contributed by atoms with van der Waals surface area (Å²) in [6.45, 7) is 2.16. The molecule has 1 N–H and O–H groups in total. The van der Waals surface area contributed by atoms with E-state index in [9.17, 15) is 13.2 Å². The first-order valence-corrected chi connectivity index (χ1v) is 9.56. The number of hydrogen-bond donors (Lipinski definition) is 1. The monoisotopic (exact) mass is 346 g/mol. The van der Waals surface area contributed by atoms with Gasteiger partial charge in [-0.05, 0) is 31.0 Å². The van der Waals surface area contributed by atoms with Gasteiger partial charge in [-0.15, -0.1) is 0 Å². The van der Waals surface area contributed by atoms with Gasteiger partial charge in [-0.1, -0.05) is 48.0 Å². The highest BCUT2D eigenvalue weighted by atomic mass is 32.2. The van der Waals surface area contributed by atoms with Gasteiger partial charge < -0.3 is 5.32 Å². The van der Waals surface area contributed by atoms with Crippen molar-refractivity contribution in [2.45, 2.75) is 13.3 Å². The maximum Gasteiger partial charge on any atom is 0.240 e. The lowest BCUT2D eigenvalue weighted by atomic mass is 10.1. The molecule has 5 nitrogen and oxygen atoms in total. The molecule has 0 aliphatic rings. The number of carbonyl (C=O) groups is 1. The Hall–Kier alpha value is -2.34. The molecule has 0 spiro atoms. The molecule has 0 atom stereocenters. The van der Waals surface area contributed by atoms with Crippen molar-refractivity contribution in [1.82, 2.24) is 5.32 Å². The molecule has 0 saturated heterocycles. The van der Waals surface area contributed by atoms with E-state index in [1.807, 2.05) is 49.4 Å².